The maximum Gasteiger partial charge on any atom is 0.416 e. The van der Waals surface area contributed by atoms with E-state index < -0.39 is 17.8 Å². The van der Waals surface area contributed by atoms with Gasteiger partial charge in [-0.25, -0.2) is 0 Å². The highest BCUT2D eigenvalue weighted by Crippen LogP contribution is 2.31. The molecule has 3 rings (SSSR count). The van der Waals surface area contributed by atoms with Gasteiger partial charge in [-0.2, -0.15) is 13.2 Å². The lowest BCUT2D eigenvalue weighted by atomic mass is 10.1. The number of piperazine rings is 1. The predicted molar refractivity (Wildman–Crippen MR) is 100 cm³/mol. The van der Waals surface area contributed by atoms with Crippen molar-refractivity contribution in [1.82, 2.24) is 4.90 Å². The van der Waals surface area contributed by atoms with E-state index in [4.69, 9.17) is 4.74 Å². The van der Waals surface area contributed by atoms with Crippen LogP contribution in [0.4, 0.5) is 18.9 Å². The Labute approximate surface area is 160 Å². The Kier molecular flexibility index (Phi) is 6.75. The second-order valence-corrected chi connectivity index (χ2v) is 7.62. The second kappa shape index (κ2) is 9.05. The number of hydrogen-bond donors (Lipinski definition) is 1. The summed E-state index contributed by atoms with van der Waals surface area (Å²) in [6, 6.07) is 9.39. The first-order chi connectivity index (χ1) is 12.9. The van der Waals surface area contributed by atoms with Gasteiger partial charge in [0.25, 0.3) is 0 Å². The number of nitrogens with zero attached hydrogens (tertiary/aromatic N) is 2. The molecule has 0 aliphatic carbocycles. The third-order valence-electron chi connectivity index (χ3n) is 4.51. The Morgan fingerprint density at radius 1 is 1.11 bits per heavy atom. The lowest BCUT2D eigenvalue weighted by Gasteiger charge is -2.37. The number of β-amino-alcohol motifs (C(OH)–C–C–N with tert-alkyl or cyclic N) is 1. The summed E-state index contributed by atoms with van der Waals surface area (Å²) < 4.78 is 44.1. The maximum absolute atomic E-state index is 12.9. The van der Waals surface area contributed by atoms with Crippen LogP contribution in [0, 0.1) is 0 Å². The fourth-order valence-corrected chi connectivity index (χ4v) is 3.75. The van der Waals surface area contributed by atoms with E-state index in [1.165, 1.54) is 12.1 Å². The molecule has 1 atom stereocenters. The summed E-state index contributed by atoms with van der Waals surface area (Å²) in [6.45, 7) is 3.91. The molecule has 0 unspecified atom stereocenters. The summed E-state index contributed by atoms with van der Waals surface area (Å²) in [4.78, 5) is 5.19. The summed E-state index contributed by atoms with van der Waals surface area (Å²) in [5.74, 6) is 0. The zero-order valence-electron chi connectivity index (χ0n) is 14.9. The molecule has 0 radical (unpaired) electrons. The van der Waals surface area contributed by atoms with E-state index in [9.17, 15) is 18.3 Å². The van der Waals surface area contributed by atoms with Gasteiger partial charge in [-0.15, -0.1) is 11.3 Å². The van der Waals surface area contributed by atoms with Crippen LogP contribution >= 0.6 is 11.3 Å². The molecule has 1 fully saturated rings. The van der Waals surface area contributed by atoms with E-state index in [-0.39, 0.29) is 6.61 Å². The number of rotatable bonds is 7. The van der Waals surface area contributed by atoms with Crippen molar-refractivity contribution in [3.8, 4) is 0 Å². The lowest BCUT2D eigenvalue weighted by Crippen LogP contribution is -2.49. The fraction of sp³-hybridized carbons (Fsp3) is 0.474. The zero-order chi connectivity index (χ0) is 19.3. The van der Waals surface area contributed by atoms with E-state index in [2.05, 4.69) is 4.90 Å². The number of aliphatic hydroxyl groups is 1. The average molecular weight is 400 g/mol. The molecule has 0 amide bonds. The number of hydrogen-bond acceptors (Lipinski definition) is 5. The average Bonchev–Trinajstić information content (AvgIpc) is 3.15. The lowest BCUT2D eigenvalue weighted by molar-refractivity contribution is -0.137. The molecule has 1 aliphatic heterocycles. The molecule has 1 aromatic heterocycles. The highest BCUT2D eigenvalue weighted by molar-refractivity contribution is 7.09. The molecule has 0 bridgehead atoms. The van der Waals surface area contributed by atoms with E-state index >= 15 is 0 Å². The number of thiophene rings is 1. The van der Waals surface area contributed by atoms with E-state index in [0.29, 0.717) is 45.0 Å². The largest absolute Gasteiger partial charge is 0.416 e. The molecular weight excluding hydrogens is 377 g/mol. The minimum absolute atomic E-state index is 0.270. The summed E-state index contributed by atoms with van der Waals surface area (Å²) in [5.41, 5.74) is -0.0370. The zero-order valence-corrected chi connectivity index (χ0v) is 15.7. The van der Waals surface area contributed by atoms with Crippen LogP contribution in [0.2, 0.25) is 0 Å². The SMILES string of the molecule is O[C@@H](COCc1cccs1)CN1CCN(c2cccc(C(F)(F)F)c2)CC1. The highest BCUT2D eigenvalue weighted by Gasteiger charge is 2.31. The summed E-state index contributed by atoms with van der Waals surface area (Å²) in [7, 11) is 0. The topological polar surface area (TPSA) is 35.9 Å². The molecule has 0 spiro atoms. The molecule has 8 heteroatoms. The molecule has 1 saturated heterocycles. The van der Waals surface area contributed by atoms with Gasteiger partial charge in [0.2, 0.25) is 0 Å². The number of halogens is 3. The van der Waals surface area contributed by atoms with Crippen LogP contribution in [0.3, 0.4) is 0 Å². The van der Waals surface area contributed by atoms with Crippen LogP contribution in [0.1, 0.15) is 10.4 Å². The minimum atomic E-state index is -4.33. The van der Waals surface area contributed by atoms with Crippen molar-refractivity contribution in [2.45, 2.75) is 18.9 Å². The predicted octanol–water partition coefficient (Wildman–Crippen LogP) is 3.47. The second-order valence-electron chi connectivity index (χ2n) is 6.58. The molecule has 4 nitrogen and oxygen atoms in total. The Morgan fingerprint density at radius 2 is 1.89 bits per heavy atom. The Balaban J connectivity index is 1.42. The number of aliphatic hydroxyl groups excluding tert-OH is 1. The first-order valence-electron chi connectivity index (χ1n) is 8.84. The molecule has 148 valence electrons. The van der Waals surface area contributed by atoms with Crippen LogP contribution in [0.15, 0.2) is 41.8 Å². The van der Waals surface area contributed by atoms with Gasteiger partial charge in [-0.1, -0.05) is 12.1 Å². The Bertz CT molecular complexity index is 701. The molecule has 1 aromatic carbocycles. The fourth-order valence-electron chi connectivity index (χ4n) is 3.11. The summed E-state index contributed by atoms with van der Waals surface area (Å²) in [6.07, 6.45) is -4.91. The molecule has 2 aromatic rings. The van der Waals surface area contributed by atoms with Crippen LogP contribution in [0.25, 0.3) is 0 Å². The summed E-state index contributed by atoms with van der Waals surface area (Å²) in [5, 5.41) is 12.1. The van der Waals surface area contributed by atoms with E-state index in [1.54, 1.807) is 17.4 Å². The molecule has 1 N–H and O–H groups in total. The van der Waals surface area contributed by atoms with Crippen molar-refractivity contribution in [2.24, 2.45) is 0 Å². The molecule has 0 saturated carbocycles. The minimum Gasteiger partial charge on any atom is -0.389 e. The van der Waals surface area contributed by atoms with E-state index in [0.717, 1.165) is 10.9 Å². The van der Waals surface area contributed by atoms with Gasteiger partial charge >= 0.3 is 6.18 Å². The van der Waals surface area contributed by atoms with Gasteiger partial charge in [0.15, 0.2) is 0 Å². The van der Waals surface area contributed by atoms with Gasteiger partial charge in [0.05, 0.1) is 24.9 Å². The molecular formula is C19H23F3N2O2S. The molecule has 1 aliphatic rings. The van der Waals surface area contributed by atoms with Crippen molar-refractivity contribution < 1.29 is 23.0 Å². The van der Waals surface area contributed by atoms with Gasteiger partial charge in [0.1, 0.15) is 0 Å². The van der Waals surface area contributed by atoms with Crippen LogP contribution < -0.4 is 4.90 Å². The van der Waals surface area contributed by atoms with Gasteiger partial charge in [-0.05, 0) is 29.6 Å². The first-order valence-corrected chi connectivity index (χ1v) is 9.72. The smallest absolute Gasteiger partial charge is 0.389 e. The van der Waals surface area contributed by atoms with Gasteiger partial charge in [0, 0.05) is 43.3 Å². The normalized spacial score (nSPS) is 17.3. The Hall–Kier alpha value is -1.61. The maximum atomic E-state index is 12.9. The Morgan fingerprint density at radius 3 is 2.56 bits per heavy atom. The van der Waals surface area contributed by atoms with Crippen molar-refractivity contribution >= 4 is 17.0 Å². The molecule has 2 heterocycles. The standard InChI is InChI=1S/C19H23F3N2O2S/c20-19(21,22)15-3-1-4-16(11-15)24-8-6-23(7-9-24)12-17(25)13-26-14-18-5-2-10-27-18/h1-5,10-11,17,25H,6-9,12-14H2/t17-/m1/s1. The quantitative estimate of drug-likeness (QED) is 0.772. The number of alkyl halides is 3. The van der Waals surface area contributed by atoms with Crippen molar-refractivity contribution in [3.05, 3.63) is 52.2 Å². The van der Waals surface area contributed by atoms with Crippen molar-refractivity contribution in [2.75, 3.05) is 44.2 Å². The third-order valence-corrected chi connectivity index (χ3v) is 5.36. The van der Waals surface area contributed by atoms with Crippen molar-refractivity contribution in [3.63, 3.8) is 0 Å². The third kappa shape index (κ3) is 5.93. The first kappa shape index (κ1) is 20.1. The van der Waals surface area contributed by atoms with Crippen molar-refractivity contribution in [1.29, 1.82) is 0 Å². The van der Waals surface area contributed by atoms with Crippen LogP contribution in [-0.4, -0.2) is 55.4 Å². The van der Waals surface area contributed by atoms with E-state index in [1.807, 2.05) is 22.4 Å². The van der Waals surface area contributed by atoms with Crippen LogP contribution in [0.5, 0.6) is 0 Å². The highest BCUT2D eigenvalue weighted by atomic mass is 32.1. The van der Waals surface area contributed by atoms with Crippen LogP contribution in [-0.2, 0) is 17.5 Å². The monoisotopic (exact) mass is 400 g/mol. The number of anilines is 1. The van der Waals surface area contributed by atoms with Gasteiger partial charge < -0.3 is 14.7 Å². The number of benzene rings is 1. The molecule has 27 heavy (non-hydrogen) atoms. The van der Waals surface area contributed by atoms with Gasteiger partial charge in [-0.3, -0.25) is 4.90 Å². The summed E-state index contributed by atoms with van der Waals surface area (Å²) >= 11 is 1.62. The number of ether oxygens (including phenoxy) is 1.